The molecule has 0 radical (unpaired) electrons. The van der Waals surface area contributed by atoms with Crippen molar-refractivity contribution in [3.8, 4) is 0 Å². The number of ether oxygens (including phenoxy) is 1. The van der Waals surface area contributed by atoms with Crippen molar-refractivity contribution in [3.05, 3.63) is 0 Å². The van der Waals surface area contributed by atoms with Gasteiger partial charge in [-0.15, -0.1) is 0 Å². The number of aliphatic imine (C=N–C) groups is 1. The molecule has 1 saturated carbocycles. The van der Waals surface area contributed by atoms with Crippen LogP contribution in [0.3, 0.4) is 0 Å². The number of nitrogens with zero attached hydrogens (tertiary/aromatic N) is 2. The average Bonchev–Trinajstić information content (AvgIpc) is 2.90. The van der Waals surface area contributed by atoms with Gasteiger partial charge < -0.3 is 15.4 Å². The summed E-state index contributed by atoms with van der Waals surface area (Å²) in [6.07, 6.45) is 7.69. The fraction of sp³-hybridized carbons (Fsp3) is 0.917. The molecule has 1 saturated heterocycles. The topological polar surface area (TPSA) is 50.9 Å². The molecule has 0 aromatic heterocycles. The molecule has 0 bridgehead atoms. The van der Waals surface area contributed by atoms with Crippen LogP contribution in [0.4, 0.5) is 0 Å². The Labute approximate surface area is 97.9 Å². The van der Waals surface area contributed by atoms with Crippen molar-refractivity contribution in [1.29, 1.82) is 0 Å². The molecule has 0 aromatic rings. The van der Waals surface area contributed by atoms with Crippen molar-refractivity contribution in [1.82, 2.24) is 4.90 Å². The molecule has 0 amide bonds. The van der Waals surface area contributed by atoms with E-state index in [0.29, 0.717) is 18.1 Å². The lowest BCUT2D eigenvalue weighted by atomic mass is 10.2. The second kappa shape index (κ2) is 5.53. The summed E-state index contributed by atoms with van der Waals surface area (Å²) >= 11 is 0. The first-order valence-corrected chi connectivity index (χ1v) is 6.41. The van der Waals surface area contributed by atoms with E-state index in [-0.39, 0.29) is 0 Å². The summed E-state index contributed by atoms with van der Waals surface area (Å²) in [6.45, 7) is 1.78. The maximum Gasteiger partial charge on any atom is 0.191 e. The minimum absolute atomic E-state index is 0.349. The third-order valence-corrected chi connectivity index (χ3v) is 3.53. The first-order chi connectivity index (χ1) is 7.75. The van der Waals surface area contributed by atoms with Crippen LogP contribution in [0.2, 0.25) is 0 Å². The number of rotatable bonds is 3. The van der Waals surface area contributed by atoms with E-state index >= 15 is 0 Å². The van der Waals surface area contributed by atoms with Gasteiger partial charge in [0.05, 0.1) is 12.1 Å². The molecule has 2 fully saturated rings. The minimum atomic E-state index is 0.349. The van der Waals surface area contributed by atoms with E-state index in [1.54, 1.807) is 0 Å². The van der Waals surface area contributed by atoms with Gasteiger partial charge in [0.25, 0.3) is 0 Å². The van der Waals surface area contributed by atoms with Gasteiger partial charge in [-0.05, 0) is 25.7 Å². The van der Waals surface area contributed by atoms with Gasteiger partial charge in [-0.25, -0.2) is 4.99 Å². The maximum atomic E-state index is 6.00. The Morgan fingerprint density at radius 1 is 1.31 bits per heavy atom. The highest BCUT2D eigenvalue weighted by atomic mass is 16.5. The highest BCUT2D eigenvalue weighted by molar-refractivity contribution is 5.78. The molecule has 1 aliphatic carbocycles. The molecule has 2 N–H and O–H groups in total. The maximum absolute atomic E-state index is 6.00. The van der Waals surface area contributed by atoms with E-state index in [9.17, 15) is 0 Å². The summed E-state index contributed by atoms with van der Waals surface area (Å²) in [4.78, 5) is 6.62. The molecule has 2 rings (SSSR count). The Kier molecular flexibility index (Phi) is 4.04. The average molecular weight is 225 g/mol. The number of guanidine groups is 1. The monoisotopic (exact) mass is 225 g/mol. The molecule has 1 atom stereocenters. The zero-order chi connectivity index (χ0) is 11.4. The van der Waals surface area contributed by atoms with E-state index in [1.165, 1.54) is 32.1 Å². The van der Waals surface area contributed by atoms with Gasteiger partial charge in [-0.1, -0.05) is 12.8 Å². The highest BCUT2D eigenvalue weighted by Crippen LogP contribution is 2.21. The minimum Gasteiger partial charge on any atom is -0.376 e. The van der Waals surface area contributed by atoms with Crippen molar-refractivity contribution in [2.75, 3.05) is 20.2 Å². The quantitative estimate of drug-likeness (QED) is 0.583. The molecule has 92 valence electrons. The van der Waals surface area contributed by atoms with Crippen LogP contribution in [0.5, 0.6) is 0 Å². The lowest BCUT2D eigenvalue weighted by Crippen LogP contribution is -2.39. The van der Waals surface area contributed by atoms with E-state index in [0.717, 1.165) is 19.6 Å². The molecule has 4 nitrogen and oxygen atoms in total. The predicted molar refractivity (Wildman–Crippen MR) is 65.5 cm³/mol. The fourth-order valence-electron chi connectivity index (χ4n) is 2.51. The summed E-state index contributed by atoms with van der Waals surface area (Å²) in [6, 6.07) is 0.465. The predicted octanol–water partition coefficient (Wildman–Crippen LogP) is 1.35. The summed E-state index contributed by atoms with van der Waals surface area (Å²) in [5.41, 5.74) is 6.00. The van der Waals surface area contributed by atoms with Crippen LogP contribution in [-0.2, 0) is 4.74 Å². The lowest BCUT2D eigenvalue weighted by Gasteiger charge is -2.22. The Morgan fingerprint density at radius 3 is 2.69 bits per heavy atom. The molecule has 4 heteroatoms. The smallest absolute Gasteiger partial charge is 0.191 e. The molecule has 1 heterocycles. The highest BCUT2D eigenvalue weighted by Gasteiger charge is 2.19. The van der Waals surface area contributed by atoms with Crippen molar-refractivity contribution in [2.45, 2.75) is 50.7 Å². The summed E-state index contributed by atoms with van der Waals surface area (Å²) in [5, 5.41) is 0. The zero-order valence-corrected chi connectivity index (χ0v) is 10.2. The van der Waals surface area contributed by atoms with Gasteiger partial charge in [0.15, 0.2) is 5.96 Å². The molecule has 2 aliphatic rings. The van der Waals surface area contributed by atoms with Crippen LogP contribution in [0.15, 0.2) is 4.99 Å². The Bertz CT molecular complexity index is 243. The van der Waals surface area contributed by atoms with Crippen LogP contribution < -0.4 is 5.73 Å². The summed E-state index contributed by atoms with van der Waals surface area (Å²) in [7, 11) is 2.01. The van der Waals surface area contributed by atoms with Crippen LogP contribution in [-0.4, -0.2) is 43.2 Å². The van der Waals surface area contributed by atoms with E-state index in [4.69, 9.17) is 10.5 Å². The first kappa shape index (κ1) is 11.7. The van der Waals surface area contributed by atoms with Crippen molar-refractivity contribution < 1.29 is 4.74 Å². The summed E-state index contributed by atoms with van der Waals surface area (Å²) < 4.78 is 5.59. The third kappa shape index (κ3) is 3.11. The van der Waals surface area contributed by atoms with Crippen LogP contribution in [0, 0.1) is 0 Å². The van der Waals surface area contributed by atoms with Gasteiger partial charge in [-0.3, -0.25) is 0 Å². The van der Waals surface area contributed by atoms with E-state index in [2.05, 4.69) is 4.99 Å². The Morgan fingerprint density at radius 2 is 2.06 bits per heavy atom. The van der Waals surface area contributed by atoms with Gasteiger partial charge in [0.2, 0.25) is 0 Å². The van der Waals surface area contributed by atoms with Crippen molar-refractivity contribution >= 4 is 5.96 Å². The standard InChI is InChI=1S/C12H23N3O/c1-15(9-11-7-4-8-16-11)12(13)14-10-5-2-3-6-10/h10-11H,2-9H2,1H3,(H2,13,14). The SMILES string of the molecule is CN(CC1CCCO1)C(N)=NC1CCCC1. The van der Waals surface area contributed by atoms with Crippen LogP contribution in [0.1, 0.15) is 38.5 Å². The lowest BCUT2D eigenvalue weighted by molar-refractivity contribution is 0.0955. The molecule has 0 aromatic carbocycles. The van der Waals surface area contributed by atoms with Gasteiger partial charge in [0.1, 0.15) is 0 Å². The molecular weight excluding hydrogens is 202 g/mol. The Balaban J connectivity index is 1.80. The number of hydrogen-bond donors (Lipinski definition) is 1. The second-order valence-electron chi connectivity index (χ2n) is 4.94. The van der Waals surface area contributed by atoms with E-state index in [1.807, 2.05) is 11.9 Å². The normalized spacial score (nSPS) is 27.6. The van der Waals surface area contributed by atoms with Crippen molar-refractivity contribution in [2.24, 2.45) is 10.7 Å². The van der Waals surface area contributed by atoms with Crippen LogP contribution >= 0.6 is 0 Å². The molecule has 1 aliphatic heterocycles. The third-order valence-electron chi connectivity index (χ3n) is 3.53. The summed E-state index contributed by atoms with van der Waals surface area (Å²) in [5.74, 6) is 0.683. The fourth-order valence-corrected chi connectivity index (χ4v) is 2.51. The number of nitrogens with two attached hydrogens (primary N) is 1. The zero-order valence-electron chi connectivity index (χ0n) is 10.2. The molecule has 1 unspecified atom stereocenters. The van der Waals surface area contributed by atoms with E-state index < -0.39 is 0 Å². The molecule has 16 heavy (non-hydrogen) atoms. The van der Waals surface area contributed by atoms with Crippen LogP contribution in [0.25, 0.3) is 0 Å². The largest absolute Gasteiger partial charge is 0.376 e. The van der Waals surface area contributed by atoms with Crippen molar-refractivity contribution in [3.63, 3.8) is 0 Å². The van der Waals surface area contributed by atoms with Gasteiger partial charge in [-0.2, -0.15) is 0 Å². The van der Waals surface area contributed by atoms with Gasteiger partial charge >= 0.3 is 0 Å². The molecule has 0 spiro atoms. The number of likely N-dealkylation sites (N-methyl/N-ethyl adjacent to an activating group) is 1. The number of hydrogen-bond acceptors (Lipinski definition) is 2. The van der Waals surface area contributed by atoms with Gasteiger partial charge in [0, 0.05) is 20.2 Å². The second-order valence-corrected chi connectivity index (χ2v) is 4.94. The molecular formula is C12H23N3O. The Hall–Kier alpha value is -0.770. The first-order valence-electron chi connectivity index (χ1n) is 6.41.